The Morgan fingerprint density at radius 3 is 2.64 bits per heavy atom. The average molecular weight is 399 g/mol. The Labute approximate surface area is 161 Å². The lowest BCUT2D eigenvalue weighted by Gasteiger charge is -2.14. The van der Waals surface area contributed by atoms with Crippen molar-refractivity contribution in [3.05, 3.63) is 53.4 Å². The summed E-state index contributed by atoms with van der Waals surface area (Å²) in [5.74, 6) is 0.472. The molecule has 5 nitrogen and oxygen atoms in total. The van der Waals surface area contributed by atoms with Crippen molar-refractivity contribution in [2.24, 2.45) is 4.99 Å². The van der Waals surface area contributed by atoms with E-state index in [0.717, 1.165) is 37.3 Å². The molecule has 0 saturated heterocycles. The lowest BCUT2D eigenvalue weighted by molar-refractivity contribution is -0.138. The van der Waals surface area contributed by atoms with E-state index in [0.29, 0.717) is 25.1 Å². The molecule has 0 spiro atoms. The zero-order chi connectivity index (χ0) is 20.6. The second-order valence-corrected chi connectivity index (χ2v) is 6.30. The largest absolute Gasteiger partial charge is 0.416 e. The van der Waals surface area contributed by atoms with Crippen molar-refractivity contribution in [3.8, 4) is 0 Å². The number of imidazole rings is 1. The highest BCUT2D eigenvalue weighted by Gasteiger charge is 2.33. The first-order valence-electron chi connectivity index (χ1n) is 9.16. The van der Waals surface area contributed by atoms with Crippen molar-refractivity contribution in [3.63, 3.8) is 0 Å². The molecule has 1 heterocycles. The number of hydrogen-bond donors (Lipinski definition) is 2. The first kappa shape index (κ1) is 21.7. The summed E-state index contributed by atoms with van der Waals surface area (Å²) in [7, 11) is 0. The first-order chi connectivity index (χ1) is 13.3. The number of guanidine groups is 1. The summed E-state index contributed by atoms with van der Waals surface area (Å²) in [4.78, 5) is 8.37. The molecule has 0 amide bonds. The molecular formula is C19H25F4N5. The van der Waals surface area contributed by atoms with Crippen LogP contribution in [0.1, 0.15) is 36.7 Å². The summed E-state index contributed by atoms with van der Waals surface area (Å²) >= 11 is 0. The van der Waals surface area contributed by atoms with E-state index in [1.807, 2.05) is 20.0 Å². The van der Waals surface area contributed by atoms with E-state index in [1.165, 1.54) is 0 Å². The topological polar surface area (TPSA) is 54.2 Å². The van der Waals surface area contributed by atoms with Crippen LogP contribution in [-0.4, -0.2) is 28.6 Å². The third kappa shape index (κ3) is 6.54. The van der Waals surface area contributed by atoms with Gasteiger partial charge in [0.2, 0.25) is 0 Å². The minimum atomic E-state index is -4.62. The van der Waals surface area contributed by atoms with E-state index >= 15 is 0 Å². The number of alkyl halides is 3. The van der Waals surface area contributed by atoms with Crippen molar-refractivity contribution in [1.29, 1.82) is 0 Å². The van der Waals surface area contributed by atoms with E-state index in [-0.39, 0.29) is 12.1 Å². The van der Waals surface area contributed by atoms with Gasteiger partial charge in [0, 0.05) is 32.0 Å². The number of benzene rings is 1. The molecule has 0 bridgehead atoms. The Morgan fingerprint density at radius 2 is 2.00 bits per heavy atom. The number of aliphatic imine (C=N–C) groups is 1. The smallest absolute Gasteiger partial charge is 0.357 e. The summed E-state index contributed by atoms with van der Waals surface area (Å²) in [6.07, 6.45) is 0.861. The Balaban J connectivity index is 1.91. The van der Waals surface area contributed by atoms with E-state index in [1.54, 1.807) is 6.20 Å². The van der Waals surface area contributed by atoms with Crippen LogP contribution < -0.4 is 10.6 Å². The Kier molecular flexibility index (Phi) is 7.83. The molecule has 0 unspecified atom stereocenters. The molecule has 0 aliphatic carbocycles. The van der Waals surface area contributed by atoms with Gasteiger partial charge in [-0.3, -0.25) is 0 Å². The van der Waals surface area contributed by atoms with Gasteiger partial charge in [0.15, 0.2) is 5.96 Å². The Morgan fingerprint density at radius 1 is 1.21 bits per heavy atom. The molecule has 154 valence electrons. The molecule has 2 rings (SSSR count). The van der Waals surface area contributed by atoms with Crippen LogP contribution in [0.4, 0.5) is 17.6 Å². The number of nitrogens with one attached hydrogen (secondary N) is 2. The number of rotatable bonds is 8. The second kappa shape index (κ2) is 10.1. The van der Waals surface area contributed by atoms with Crippen LogP contribution in [-0.2, 0) is 19.3 Å². The highest BCUT2D eigenvalue weighted by atomic mass is 19.4. The molecule has 0 radical (unpaired) electrons. The number of hydrogen-bond acceptors (Lipinski definition) is 2. The lowest BCUT2D eigenvalue weighted by atomic mass is 10.1. The highest BCUT2D eigenvalue weighted by Crippen LogP contribution is 2.32. The Hall–Kier alpha value is -2.58. The average Bonchev–Trinajstić information content (AvgIpc) is 3.04. The molecule has 0 aliphatic rings. The van der Waals surface area contributed by atoms with Gasteiger partial charge in [-0.25, -0.2) is 14.4 Å². The zero-order valence-electron chi connectivity index (χ0n) is 16.0. The SMILES string of the molecule is CCNC(=NCc1ccc(F)cc1C(F)(F)F)NCCCCn1ccnc1C. The van der Waals surface area contributed by atoms with Gasteiger partial charge in [-0.1, -0.05) is 6.07 Å². The first-order valence-corrected chi connectivity index (χ1v) is 9.16. The third-order valence-corrected chi connectivity index (χ3v) is 4.17. The molecule has 1 aromatic heterocycles. The molecule has 1 aromatic carbocycles. The van der Waals surface area contributed by atoms with E-state index in [9.17, 15) is 17.6 Å². The maximum absolute atomic E-state index is 13.2. The van der Waals surface area contributed by atoms with Gasteiger partial charge >= 0.3 is 6.18 Å². The van der Waals surface area contributed by atoms with Crippen LogP contribution in [0.15, 0.2) is 35.6 Å². The van der Waals surface area contributed by atoms with E-state index in [2.05, 4.69) is 25.2 Å². The third-order valence-electron chi connectivity index (χ3n) is 4.17. The van der Waals surface area contributed by atoms with Crippen LogP contribution in [0.5, 0.6) is 0 Å². The molecule has 2 aromatic rings. The summed E-state index contributed by atoms with van der Waals surface area (Å²) in [6, 6.07) is 2.64. The monoisotopic (exact) mass is 399 g/mol. The van der Waals surface area contributed by atoms with E-state index in [4.69, 9.17) is 0 Å². The second-order valence-electron chi connectivity index (χ2n) is 6.30. The molecule has 28 heavy (non-hydrogen) atoms. The number of unbranched alkanes of at least 4 members (excludes halogenated alkanes) is 1. The summed E-state index contributed by atoms with van der Waals surface area (Å²) < 4.78 is 54.5. The van der Waals surface area contributed by atoms with Crippen LogP contribution in [0.3, 0.4) is 0 Å². The van der Waals surface area contributed by atoms with Crippen molar-refractivity contribution in [1.82, 2.24) is 20.2 Å². The van der Waals surface area contributed by atoms with Gasteiger partial charge in [-0.2, -0.15) is 13.2 Å². The van der Waals surface area contributed by atoms with Gasteiger partial charge in [0.25, 0.3) is 0 Å². The normalized spacial score (nSPS) is 12.3. The maximum Gasteiger partial charge on any atom is 0.416 e. The van der Waals surface area contributed by atoms with Gasteiger partial charge in [-0.15, -0.1) is 0 Å². The van der Waals surface area contributed by atoms with Crippen LogP contribution >= 0.6 is 0 Å². The summed E-state index contributed by atoms with van der Waals surface area (Å²) in [5.41, 5.74) is -1.07. The fourth-order valence-electron chi connectivity index (χ4n) is 2.71. The standard InChI is InChI=1S/C19H25F4N5/c1-3-24-18(26-8-4-5-10-28-11-9-25-14(28)2)27-13-15-6-7-16(20)12-17(15)19(21,22)23/h6-7,9,11-12H,3-5,8,10,13H2,1-2H3,(H2,24,26,27). The van der Waals surface area contributed by atoms with Gasteiger partial charge in [0.1, 0.15) is 11.6 Å². The Bertz CT molecular complexity index is 783. The molecule has 0 aliphatic heterocycles. The van der Waals surface area contributed by atoms with E-state index < -0.39 is 17.6 Å². The minimum absolute atomic E-state index is 0.0679. The quantitative estimate of drug-likeness (QED) is 0.307. The number of aromatic nitrogens is 2. The number of aryl methyl sites for hydroxylation is 2. The summed E-state index contributed by atoms with van der Waals surface area (Å²) in [5, 5.41) is 6.12. The fraction of sp³-hybridized carbons (Fsp3) is 0.474. The predicted octanol–water partition coefficient (Wildman–Crippen LogP) is 3.88. The molecule has 9 heteroatoms. The predicted molar refractivity (Wildman–Crippen MR) is 100 cm³/mol. The highest BCUT2D eigenvalue weighted by molar-refractivity contribution is 5.79. The molecular weight excluding hydrogens is 374 g/mol. The maximum atomic E-state index is 13.2. The number of halogens is 4. The van der Waals surface area contributed by atoms with Crippen molar-refractivity contribution in [2.75, 3.05) is 13.1 Å². The summed E-state index contributed by atoms with van der Waals surface area (Å²) in [6.45, 7) is 5.69. The fourth-order valence-corrected chi connectivity index (χ4v) is 2.71. The molecule has 0 saturated carbocycles. The zero-order valence-corrected chi connectivity index (χ0v) is 16.0. The number of nitrogens with zero attached hydrogens (tertiary/aromatic N) is 3. The van der Waals surface area contributed by atoms with Crippen molar-refractivity contribution >= 4 is 5.96 Å². The van der Waals surface area contributed by atoms with Crippen molar-refractivity contribution in [2.45, 2.75) is 46.0 Å². The molecule has 0 atom stereocenters. The molecule has 2 N–H and O–H groups in total. The minimum Gasteiger partial charge on any atom is -0.357 e. The van der Waals surface area contributed by atoms with Gasteiger partial charge in [0.05, 0.1) is 12.1 Å². The van der Waals surface area contributed by atoms with Gasteiger partial charge in [-0.05, 0) is 44.4 Å². The van der Waals surface area contributed by atoms with Gasteiger partial charge < -0.3 is 15.2 Å². The lowest BCUT2D eigenvalue weighted by Crippen LogP contribution is -2.37. The van der Waals surface area contributed by atoms with Crippen LogP contribution in [0.25, 0.3) is 0 Å². The van der Waals surface area contributed by atoms with Crippen LogP contribution in [0, 0.1) is 12.7 Å². The van der Waals surface area contributed by atoms with Crippen LogP contribution in [0.2, 0.25) is 0 Å². The van der Waals surface area contributed by atoms with Crippen molar-refractivity contribution < 1.29 is 17.6 Å². The molecule has 0 fully saturated rings.